The molecule has 8 heteroatoms. The molecule has 0 radical (unpaired) electrons. The lowest BCUT2D eigenvalue weighted by atomic mass is 10.2. The molecule has 1 aromatic carbocycles. The van der Waals surface area contributed by atoms with E-state index in [2.05, 4.69) is 4.99 Å². The Balaban J connectivity index is 2.28. The lowest BCUT2D eigenvalue weighted by molar-refractivity contribution is -0.384. The molecule has 0 saturated carbocycles. The fraction of sp³-hybridized carbons (Fsp3) is 0.231. The zero-order valence-corrected chi connectivity index (χ0v) is 11.9. The van der Waals surface area contributed by atoms with Crippen LogP contribution in [-0.2, 0) is 9.53 Å². The van der Waals surface area contributed by atoms with E-state index in [0.717, 1.165) is 0 Å². The van der Waals surface area contributed by atoms with Crippen molar-refractivity contribution in [1.82, 2.24) is 0 Å². The van der Waals surface area contributed by atoms with Crippen molar-refractivity contribution in [3.05, 3.63) is 45.7 Å². The number of aliphatic imine (C=N–C) groups is 1. The number of thioether (sulfide) groups is 1. The highest BCUT2D eigenvalue weighted by molar-refractivity contribution is 8.15. The second kappa shape index (κ2) is 6.40. The van der Waals surface area contributed by atoms with Crippen LogP contribution in [0.5, 0.6) is 0 Å². The molecule has 0 amide bonds. The van der Waals surface area contributed by atoms with Crippen molar-refractivity contribution in [2.75, 3.05) is 12.4 Å². The molecule has 21 heavy (non-hydrogen) atoms. The van der Waals surface area contributed by atoms with Crippen molar-refractivity contribution in [1.29, 1.82) is 0 Å². The van der Waals surface area contributed by atoms with E-state index in [-0.39, 0.29) is 29.4 Å². The van der Waals surface area contributed by atoms with Gasteiger partial charge in [0.2, 0.25) is 0 Å². The maximum atomic E-state index is 11.8. The first-order valence-corrected chi connectivity index (χ1v) is 7.07. The Morgan fingerprint density at radius 3 is 2.71 bits per heavy atom. The number of carbonyl (C=O) groups is 1. The van der Waals surface area contributed by atoms with E-state index in [1.54, 1.807) is 6.92 Å². The van der Waals surface area contributed by atoms with Crippen LogP contribution >= 0.6 is 11.8 Å². The Labute approximate surface area is 124 Å². The van der Waals surface area contributed by atoms with E-state index >= 15 is 0 Å². The molecule has 0 spiro atoms. The number of rotatable bonds is 4. The summed E-state index contributed by atoms with van der Waals surface area (Å²) in [5.74, 6) is -0.445. The summed E-state index contributed by atoms with van der Waals surface area (Å²) in [4.78, 5) is 26.1. The summed E-state index contributed by atoms with van der Waals surface area (Å²) in [5.41, 5.74) is 0.474. The number of ether oxygens (including phenoxy) is 1. The Morgan fingerprint density at radius 1 is 1.48 bits per heavy atom. The quantitative estimate of drug-likeness (QED) is 0.521. The highest BCUT2D eigenvalue weighted by Gasteiger charge is 2.29. The van der Waals surface area contributed by atoms with Gasteiger partial charge < -0.3 is 9.84 Å². The number of non-ortho nitro benzene ring substituents is 1. The van der Waals surface area contributed by atoms with Gasteiger partial charge in [-0.3, -0.25) is 10.1 Å². The average Bonchev–Trinajstić information content (AvgIpc) is 2.80. The van der Waals surface area contributed by atoms with E-state index in [1.807, 2.05) is 0 Å². The van der Waals surface area contributed by atoms with Crippen LogP contribution in [0.25, 0.3) is 0 Å². The van der Waals surface area contributed by atoms with Gasteiger partial charge in [0.25, 0.3) is 5.69 Å². The van der Waals surface area contributed by atoms with Crippen LogP contribution in [0.3, 0.4) is 0 Å². The second-order valence-corrected chi connectivity index (χ2v) is 4.99. The first-order chi connectivity index (χ1) is 10.0. The normalized spacial score (nSPS) is 16.3. The van der Waals surface area contributed by atoms with E-state index in [1.165, 1.54) is 36.0 Å². The first-order valence-electron chi connectivity index (χ1n) is 6.08. The number of carbonyl (C=O) groups excluding carboxylic acids is 1. The summed E-state index contributed by atoms with van der Waals surface area (Å²) in [6, 6.07) is 5.60. The molecular weight excluding hydrogens is 296 g/mol. The molecule has 1 aromatic rings. The number of benzene rings is 1. The summed E-state index contributed by atoms with van der Waals surface area (Å²) in [7, 11) is 0. The number of aliphatic hydroxyl groups is 1. The van der Waals surface area contributed by atoms with E-state index in [0.29, 0.717) is 10.7 Å². The van der Waals surface area contributed by atoms with Crippen LogP contribution in [0.15, 0.2) is 40.6 Å². The Hall–Kier alpha value is -2.35. The zero-order chi connectivity index (χ0) is 15.4. The number of nitro benzene ring substituents is 1. The average molecular weight is 308 g/mol. The van der Waals surface area contributed by atoms with Crippen molar-refractivity contribution in [3.63, 3.8) is 0 Å². The first kappa shape index (κ1) is 15.0. The predicted molar refractivity (Wildman–Crippen MR) is 78.9 cm³/mol. The Kier molecular flexibility index (Phi) is 4.59. The van der Waals surface area contributed by atoms with E-state index in [9.17, 15) is 20.0 Å². The number of hydrogen-bond acceptors (Lipinski definition) is 7. The van der Waals surface area contributed by atoms with Gasteiger partial charge >= 0.3 is 5.97 Å². The smallest absolute Gasteiger partial charge is 0.344 e. The lowest BCUT2D eigenvalue weighted by Crippen LogP contribution is -2.12. The molecule has 0 fully saturated rings. The number of nitro groups is 1. The number of esters is 1. The number of nitrogens with zero attached hydrogens (tertiary/aromatic N) is 2. The summed E-state index contributed by atoms with van der Waals surface area (Å²) in [5, 5.41) is 20.7. The summed E-state index contributed by atoms with van der Waals surface area (Å²) >= 11 is 1.21. The lowest BCUT2D eigenvalue weighted by Gasteiger charge is -2.04. The molecule has 1 aliphatic rings. The van der Waals surface area contributed by atoms with Crippen LogP contribution < -0.4 is 0 Å². The van der Waals surface area contributed by atoms with Gasteiger partial charge in [-0.1, -0.05) is 11.8 Å². The third-order valence-corrected chi connectivity index (χ3v) is 3.61. The molecule has 0 saturated heterocycles. The fourth-order valence-electron chi connectivity index (χ4n) is 1.67. The largest absolute Gasteiger partial charge is 0.510 e. The van der Waals surface area contributed by atoms with Crippen LogP contribution in [-0.4, -0.2) is 33.4 Å². The molecule has 110 valence electrons. The van der Waals surface area contributed by atoms with Crippen molar-refractivity contribution >= 4 is 34.1 Å². The predicted octanol–water partition coefficient (Wildman–Crippen LogP) is 2.75. The molecule has 0 unspecified atom stereocenters. The maximum Gasteiger partial charge on any atom is 0.344 e. The molecule has 0 bridgehead atoms. The zero-order valence-electron chi connectivity index (χ0n) is 11.1. The Morgan fingerprint density at radius 2 is 2.14 bits per heavy atom. The topological polar surface area (TPSA) is 102 Å². The van der Waals surface area contributed by atoms with Crippen molar-refractivity contribution in [2.24, 2.45) is 4.99 Å². The second-order valence-electron chi connectivity index (χ2n) is 4.02. The van der Waals surface area contributed by atoms with Crippen molar-refractivity contribution < 1.29 is 19.6 Å². The molecule has 1 aliphatic heterocycles. The molecule has 0 atom stereocenters. The molecule has 0 aromatic heterocycles. The third-order valence-electron chi connectivity index (χ3n) is 2.62. The standard InChI is InChI=1S/C13H12N2O5S/c1-2-20-13(17)11-10(16)7-21-12(11)14-8-3-5-9(6-4-8)15(18)19/h3-6,16H,2,7H2,1H3. The number of aliphatic hydroxyl groups excluding tert-OH is 1. The third kappa shape index (κ3) is 3.40. The van der Waals surface area contributed by atoms with Gasteiger partial charge in [0, 0.05) is 12.1 Å². The monoisotopic (exact) mass is 308 g/mol. The van der Waals surface area contributed by atoms with Crippen LogP contribution in [0.2, 0.25) is 0 Å². The van der Waals surface area contributed by atoms with Gasteiger partial charge in [0.05, 0.1) is 23.0 Å². The van der Waals surface area contributed by atoms with Crippen molar-refractivity contribution in [2.45, 2.75) is 6.92 Å². The van der Waals surface area contributed by atoms with Gasteiger partial charge in [-0.05, 0) is 19.1 Å². The minimum atomic E-state index is -0.624. The molecule has 1 heterocycles. The van der Waals surface area contributed by atoms with E-state index in [4.69, 9.17) is 4.74 Å². The van der Waals surface area contributed by atoms with Gasteiger partial charge in [-0.2, -0.15) is 0 Å². The highest BCUT2D eigenvalue weighted by atomic mass is 32.2. The molecule has 2 rings (SSSR count). The van der Waals surface area contributed by atoms with Gasteiger partial charge in [0.15, 0.2) is 0 Å². The van der Waals surface area contributed by atoms with Crippen LogP contribution in [0, 0.1) is 10.1 Å². The van der Waals surface area contributed by atoms with Crippen molar-refractivity contribution in [3.8, 4) is 0 Å². The summed E-state index contributed by atoms with van der Waals surface area (Å²) in [6.07, 6.45) is 0. The maximum absolute atomic E-state index is 11.8. The van der Waals surface area contributed by atoms with Gasteiger partial charge in [-0.15, -0.1) is 0 Å². The van der Waals surface area contributed by atoms with Gasteiger partial charge in [-0.25, -0.2) is 9.79 Å². The van der Waals surface area contributed by atoms with Crippen LogP contribution in [0.4, 0.5) is 11.4 Å². The highest BCUT2D eigenvalue weighted by Crippen LogP contribution is 2.30. The number of hydrogen-bond donors (Lipinski definition) is 1. The summed E-state index contributed by atoms with van der Waals surface area (Å²) < 4.78 is 4.87. The van der Waals surface area contributed by atoms with Crippen LogP contribution in [0.1, 0.15) is 6.92 Å². The fourth-order valence-corrected chi connectivity index (χ4v) is 2.60. The Bertz CT molecular complexity index is 636. The molecule has 7 nitrogen and oxygen atoms in total. The van der Waals surface area contributed by atoms with E-state index < -0.39 is 10.9 Å². The van der Waals surface area contributed by atoms with Gasteiger partial charge in [0.1, 0.15) is 16.4 Å². The minimum Gasteiger partial charge on any atom is -0.510 e. The SMILES string of the molecule is CCOC(=O)C1=C(O)CSC1=Nc1ccc([N+](=O)[O-])cc1. The molecular formula is C13H12N2O5S. The minimum absolute atomic E-state index is 0.0398. The summed E-state index contributed by atoms with van der Waals surface area (Å²) in [6.45, 7) is 1.87. The molecule has 1 N–H and O–H groups in total. The molecule has 0 aliphatic carbocycles.